The van der Waals surface area contributed by atoms with Crippen molar-refractivity contribution in [3.8, 4) is 0 Å². The topological polar surface area (TPSA) is 34.1 Å². The first kappa shape index (κ1) is 17.4. The van der Waals surface area contributed by atoms with Gasteiger partial charge < -0.3 is 4.57 Å². The first-order valence-electron chi connectivity index (χ1n) is 8.31. The Hall–Kier alpha value is -2.44. The molecule has 3 aromatic carbocycles. The Labute approximate surface area is 148 Å². The van der Waals surface area contributed by atoms with Gasteiger partial charge in [-0.05, 0) is 31.0 Å². The van der Waals surface area contributed by atoms with Crippen LogP contribution in [0.4, 0.5) is 0 Å². The third-order valence-electron chi connectivity index (χ3n) is 4.54. The van der Waals surface area contributed by atoms with Crippen LogP contribution in [0.25, 0.3) is 0 Å². The highest BCUT2D eigenvalue weighted by Crippen LogP contribution is 2.43. The van der Waals surface area contributed by atoms with Crippen molar-refractivity contribution < 1.29 is 9.36 Å². The summed E-state index contributed by atoms with van der Waals surface area (Å²) in [6.45, 7) is 4.00. The van der Waals surface area contributed by atoms with Crippen molar-refractivity contribution in [2.45, 2.75) is 13.8 Å². The van der Waals surface area contributed by atoms with E-state index in [9.17, 15) is 9.36 Å². The minimum Gasteiger partial charge on any atom is -0.313 e. The fraction of sp³-hybridized carbons (Fsp3) is 0.136. The minimum absolute atomic E-state index is 0.00350. The highest BCUT2D eigenvalue weighted by molar-refractivity contribution is 7.79. The highest BCUT2D eigenvalue weighted by Gasteiger charge is 2.30. The summed E-state index contributed by atoms with van der Waals surface area (Å²) < 4.78 is 13.9. The second kappa shape index (κ2) is 7.21. The first-order valence-corrected chi connectivity index (χ1v) is 10.2. The van der Waals surface area contributed by atoms with Gasteiger partial charge in [0.2, 0.25) is 0 Å². The molecule has 126 valence electrons. The Kier molecular flexibility index (Phi) is 5.01. The van der Waals surface area contributed by atoms with E-state index in [1.807, 2.05) is 92.7 Å². The van der Waals surface area contributed by atoms with Crippen LogP contribution in [0, 0.1) is 13.8 Å². The van der Waals surface area contributed by atoms with E-state index in [2.05, 4.69) is 0 Å². The van der Waals surface area contributed by atoms with E-state index < -0.39 is 7.14 Å². The van der Waals surface area contributed by atoms with E-state index in [1.54, 1.807) is 0 Å². The van der Waals surface area contributed by atoms with Crippen LogP contribution in [0.15, 0.2) is 78.9 Å². The summed E-state index contributed by atoms with van der Waals surface area (Å²) in [4.78, 5) is 12.9. The summed E-state index contributed by atoms with van der Waals surface area (Å²) in [5.74, 6) is -0.0841. The van der Waals surface area contributed by atoms with E-state index >= 15 is 0 Å². The Morgan fingerprint density at radius 2 is 1.28 bits per heavy atom. The number of aryl methyl sites for hydroxylation is 2. The molecule has 3 rings (SSSR count). The zero-order chi connectivity index (χ0) is 17.9. The third kappa shape index (κ3) is 3.65. The Morgan fingerprint density at radius 1 is 0.760 bits per heavy atom. The molecule has 0 aliphatic heterocycles. The average molecular weight is 348 g/mol. The molecule has 0 unspecified atom stereocenters. The van der Waals surface area contributed by atoms with E-state index in [0.717, 1.165) is 21.7 Å². The number of carbonyl (C=O) groups is 1. The van der Waals surface area contributed by atoms with Crippen LogP contribution in [-0.4, -0.2) is 11.9 Å². The van der Waals surface area contributed by atoms with E-state index in [0.29, 0.717) is 5.56 Å². The second-order valence-electron chi connectivity index (χ2n) is 6.29. The summed E-state index contributed by atoms with van der Waals surface area (Å²) in [5, 5.41) is 1.44. The van der Waals surface area contributed by atoms with Crippen molar-refractivity contribution in [3.05, 3.63) is 95.6 Å². The summed E-state index contributed by atoms with van der Waals surface area (Å²) in [6, 6.07) is 24.3. The molecule has 0 aromatic heterocycles. The van der Waals surface area contributed by atoms with Gasteiger partial charge in [-0.1, -0.05) is 72.8 Å². The summed E-state index contributed by atoms with van der Waals surface area (Å²) in [7, 11) is -3.02. The van der Waals surface area contributed by atoms with Crippen LogP contribution in [0.3, 0.4) is 0 Å². The molecule has 0 radical (unpaired) electrons. The second-order valence-corrected chi connectivity index (χ2v) is 9.12. The van der Waals surface area contributed by atoms with Crippen LogP contribution in [0.5, 0.6) is 0 Å². The Balaban J connectivity index is 2.03. The van der Waals surface area contributed by atoms with Crippen molar-refractivity contribution in [1.29, 1.82) is 0 Å². The van der Waals surface area contributed by atoms with Crippen molar-refractivity contribution in [3.63, 3.8) is 0 Å². The summed E-state index contributed by atoms with van der Waals surface area (Å²) >= 11 is 0. The molecule has 0 atom stereocenters. The van der Waals surface area contributed by atoms with Gasteiger partial charge in [-0.25, -0.2) is 0 Å². The van der Waals surface area contributed by atoms with Gasteiger partial charge >= 0.3 is 0 Å². The van der Waals surface area contributed by atoms with Crippen molar-refractivity contribution in [2.75, 3.05) is 6.16 Å². The van der Waals surface area contributed by atoms with Crippen LogP contribution in [0.1, 0.15) is 21.5 Å². The molecule has 0 heterocycles. The fourth-order valence-electron chi connectivity index (χ4n) is 2.88. The van der Waals surface area contributed by atoms with E-state index in [-0.39, 0.29) is 11.9 Å². The molecular weight excluding hydrogens is 327 g/mol. The molecule has 0 N–H and O–H groups in total. The molecule has 0 aliphatic carbocycles. The standard InChI is InChI=1S/C22H21O2P/c1-17-13-14-19(15-18(17)2)22(23)16-25(24,20-9-5-3-6-10-20)21-11-7-4-8-12-21/h3-15H,16H2,1-2H3. The maximum atomic E-state index is 13.9. The molecule has 0 saturated carbocycles. The number of hydrogen-bond donors (Lipinski definition) is 0. The van der Waals surface area contributed by atoms with Crippen LogP contribution in [-0.2, 0) is 4.57 Å². The van der Waals surface area contributed by atoms with Gasteiger partial charge in [-0.3, -0.25) is 4.79 Å². The van der Waals surface area contributed by atoms with Gasteiger partial charge in [0.25, 0.3) is 0 Å². The third-order valence-corrected chi connectivity index (χ3v) is 7.54. The monoisotopic (exact) mass is 348 g/mol. The lowest BCUT2D eigenvalue weighted by molar-refractivity contribution is 0.102. The molecule has 3 aromatic rings. The average Bonchev–Trinajstić information content (AvgIpc) is 2.65. The molecular formula is C22H21O2P. The maximum absolute atomic E-state index is 13.9. The van der Waals surface area contributed by atoms with Gasteiger partial charge in [0.05, 0.1) is 6.16 Å². The summed E-state index contributed by atoms with van der Waals surface area (Å²) in [6.07, 6.45) is 0.00350. The minimum atomic E-state index is -3.02. The zero-order valence-electron chi connectivity index (χ0n) is 14.5. The molecule has 0 saturated heterocycles. The van der Waals surface area contributed by atoms with Gasteiger partial charge in [0, 0.05) is 16.2 Å². The number of benzene rings is 3. The first-order chi connectivity index (χ1) is 12.0. The molecule has 0 aliphatic rings. The Bertz CT molecular complexity index is 887. The van der Waals surface area contributed by atoms with E-state index in [4.69, 9.17) is 0 Å². The van der Waals surface area contributed by atoms with Gasteiger partial charge in [0.15, 0.2) is 12.9 Å². The molecule has 0 fully saturated rings. The quantitative estimate of drug-likeness (QED) is 0.502. The van der Waals surface area contributed by atoms with Crippen LogP contribution < -0.4 is 10.6 Å². The molecule has 0 amide bonds. The number of rotatable bonds is 5. The van der Waals surface area contributed by atoms with Gasteiger partial charge in [-0.2, -0.15) is 0 Å². The predicted octanol–water partition coefficient (Wildman–Crippen LogP) is 4.50. The molecule has 2 nitrogen and oxygen atoms in total. The Morgan fingerprint density at radius 3 is 1.76 bits per heavy atom. The van der Waals surface area contributed by atoms with Gasteiger partial charge in [0.1, 0.15) is 0 Å². The van der Waals surface area contributed by atoms with E-state index in [1.165, 1.54) is 0 Å². The normalized spacial score (nSPS) is 11.3. The van der Waals surface area contributed by atoms with Gasteiger partial charge in [-0.15, -0.1) is 0 Å². The summed E-state index contributed by atoms with van der Waals surface area (Å²) in [5.41, 5.74) is 2.83. The number of hydrogen-bond acceptors (Lipinski definition) is 2. The molecule has 0 spiro atoms. The van der Waals surface area contributed by atoms with Crippen molar-refractivity contribution in [1.82, 2.24) is 0 Å². The number of carbonyl (C=O) groups excluding carboxylic acids is 1. The van der Waals surface area contributed by atoms with Crippen LogP contribution in [0.2, 0.25) is 0 Å². The van der Waals surface area contributed by atoms with Crippen molar-refractivity contribution >= 4 is 23.5 Å². The highest BCUT2D eigenvalue weighted by atomic mass is 31.2. The SMILES string of the molecule is Cc1ccc(C(=O)CP(=O)(c2ccccc2)c2ccccc2)cc1C. The molecule has 25 heavy (non-hydrogen) atoms. The molecule has 0 bridgehead atoms. The lowest BCUT2D eigenvalue weighted by atomic mass is 10.0. The largest absolute Gasteiger partial charge is 0.313 e. The zero-order valence-corrected chi connectivity index (χ0v) is 15.4. The number of Topliss-reactive ketones (excluding diaryl/α,β-unsaturated/α-hetero) is 1. The van der Waals surface area contributed by atoms with Crippen molar-refractivity contribution in [2.24, 2.45) is 0 Å². The maximum Gasteiger partial charge on any atom is 0.170 e. The lowest BCUT2D eigenvalue weighted by Gasteiger charge is -2.19. The molecule has 3 heteroatoms. The smallest absolute Gasteiger partial charge is 0.170 e. The predicted molar refractivity (Wildman–Crippen MR) is 105 cm³/mol. The lowest BCUT2D eigenvalue weighted by Crippen LogP contribution is -2.22. The number of ketones is 1. The van der Waals surface area contributed by atoms with Crippen LogP contribution >= 0.6 is 7.14 Å². The fourth-order valence-corrected chi connectivity index (χ4v) is 5.44.